The van der Waals surface area contributed by atoms with Crippen molar-refractivity contribution < 1.29 is 24.1 Å². The van der Waals surface area contributed by atoms with Gasteiger partial charge in [0.1, 0.15) is 18.3 Å². The summed E-state index contributed by atoms with van der Waals surface area (Å²) >= 11 is 0. The van der Waals surface area contributed by atoms with E-state index in [0.717, 1.165) is 51.1 Å². The minimum Gasteiger partial charge on any atom is -0.486 e. The number of carbonyl (C=O) groups excluding carboxylic acids is 1. The van der Waals surface area contributed by atoms with Crippen molar-refractivity contribution in [1.29, 1.82) is 0 Å². The molecular formula is C21H31ClN2O5. The number of hydrogen-bond donors (Lipinski definition) is 1. The van der Waals surface area contributed by atoms with E-state index in [4.69, 9.17) is 14.2 Å². The number of rotatable bonds is 6. The first-order valence-electron chi connectivity index (χ1n) is 10.4. The molecule has 2 fully saturated rings. The summed E-state index contributed by atoms with van der Waals surface area (Å²) in [5.74, 6) is 1.40. The number of fused-ring (bicyclic) bond motifs is 1. The lowest BCUT2D eigenvalue weighted by Gasteiger charge is -2.39. The van der Waals surface area contributed by atoms with Crippen LogP contribution in [0.5, 0.6) is 11.5 Å². The van der Waals surface area contributed by atoms with E-state index in [1.807, 2.05) is 29.2 Å². The number of benzene rings is 1. The van der Waals surface area contributed by atoms with Crippen molar-refractivity contribution in [2.45, 2.75) is 50.4 Å². The number of para-hydroxylation sites is 2. The molecule has 0 radical (unpaired) electrons. The zero-order valence-corrected chi connectivity index (χ0v) is 17.7. The van der Waals surface area contributed by atoms with Crippen LogP contribution in [0.3, 0.4) is 0 Å². The lowest BCUT2D eigenvalue weighted by Crippen LogP contribution is -2.51. The van der Waals surface area contributed by atoms with Crippen molar-refractivity contribution in [2.75, 3.05) is 39.3 Å². The first-order valence-corrected chi connectivity index (χ1v) is 10.4. The van der Waals surface area contributed by atoms with Crippen LogP contribution >= 0.6 is 12.4 Å². The standard InChI is InChI=1S/C21H30N2O5.ClH/c1-2-3-10-23-15-21(28-20(23)25)8-11-22(12-9-21)13-16(24)19-14-26-17-6-4-5-7-18(17)27-19;/h4-7,16,19,24H,2-3,8-15H2,1H3;1H. The normalized spacial score (nSPS) is 24.1. The minimum absolute atomic E-state index is 0. The Morgan fingerprint density at radius 3 is 2.69 bits per heavy atom. The molecule has 1 spiro atoms. The second-order valence-electron chi connectivity index (χ2n) is 8.11. The van der Waals surface area contributed by atoms with Crippen molar-refractivity contribution in [1.82, 2.24) is 9.80 Å². The van der Waals surface area contributed by atoms with Crippen LogP contribution in [0.1, 0.15) is 32.6 Å². The highest BCUT2D eigenvalue weighted by Gasteiger charge is 2.47. The molecular weight excluding hydrogens is 396 g/mol. The van der Waals surface area contributed by atoms with E-state index in [9.17, 15) is 9.90 Å². The molecule has 2 atom stereocenters. The summed E-state index contributed by atoms with van der Waals surface area (Å²) in [6.45, 7) is 6.07. The zero-order chi connectivity index (χ0) is 19.6. The number of unbranched alkanes of at least 4 members (excludes halogenated alkanes) is 1. The maximum absolute atomic E-state index is 12.1. The second kappa shape index (κ2) is 9.41. The molecule has 0 aliphatic carbocycles. The Labute approximate surface area is 178 Å². The van der Waals surface area contributed by atoms with E-state index < -0.39 is 6.10 Å². The molecule has 7 nitrogen and oxygen atoms in total. The molecule has 0 bridgehead atoms. The Morgan fingerprint density at radius 1 is 1.24 bits per heavy atom. The molecule has 3 aliphatic heterocycles. The first-order chi connectivity index (χ1) is 13.6. The van der Waals surface area contributed by atoms with Crippen LogP contribution in [-0.2, 0) is 4.74 Å². The van der Waals surface area contributed by atoms with Crippen molar-refractivity contribution in [3.63, 3.8) is 0 Å². The smallest absolute Gasteiger partial charge is 0.410 e. The van der Waals surface area contributed by atoms with Gasteiger partial charge in [0, 0.05) is 39.0 Å². The van der Waals surface area contributed by atoms with E-state index in [0.29, 0.717) is 25.4 Å². The molecule has 3 heterocycles. The highest BCUT2D eigenvalue weighted by Crippen LogP contribution is 2.34. The van der Waals surface area contributed by atoms with Crippen LogP contribution in [0.25, 0.3) is 0 Å². The summed E-state index contributed by atoms with van der Waals surface area (Å²) in [5.41, 5.74) is -0.352. The largest absolute Gasteiger partial charge is 0.486 e. The number of nitrogens with zero attached hydrogens (tertiary/aromatic N) is 2. The number of hydrogen-bond acceptors (Lipinski definition) is 6. The van der Waals surface area contributed by atoms with E-state index in [-0.39, 0.29) is 30.2 Å². The second-order valence-corrected chi connectivity index (χ2v) is 8.11. The third-order valence-electron chi connectivity index (χ3n) is 5.99. The van der Waals surface area contributed by atoms with Gasteiger partial charge in [0.25, 0.3) is 0 Å². The highest BCUT2D eigenvalue weighted by atomic mass is 35.5. The summed E-state index contributed by atoms with van der Waals surface area (Å²) < 4.78 is 17.4. The Balaban J connectivity index is 0.00000240. The molecule has 1 aromatic carbocycles. The number of ether oxygens (including phenoxy) is 3. The lowest BCUT2D eigenvalue weighted by atomic mass is 9.91. The van der Waals surface area contributed by atoms with Crippen molar-refractivity contribution in [2.24, 2.45) is 0 Å². The molecule has 0 aromatic heterocycles. The van der Waals surface area contributed by atoms with Gasteiger partial charge in [-0.15, -0.1) is 12.4 Å². The predicted molar refractivity (Wildman–Crippen MR) is 111 cm³/mol. The van der Waals surface area contributed by atoms with Crippen molar-refractivity contribution >= 4 is 18.5 Å². The summed E-state index contributed by atoms with van der Waals surface area (Å²) in [5, 5.41) is 10.6. The number of halogens is 1. The van der Waals surface area contributed by atoms with E-state index in [1.165, 1.54) is 0 Å². The zero-order valence-electron chi connectivity index (χ0n) is 16.9. The molecule has 2 unspecified atom stereocenters. The number of aliphatic hydroxyl groups excluding tert-OH is 1. The van der Waals surface area contributed by atoms with Gasteiger partial charge in [0.05, 0.1) is 6.54 Å². The number of amides is 1. The van der Waals surface area contributed by atoms with Gasteiger partial charge in [0.2, 0.25) is 0 Å². The summed E-state index contributed by atoms with van der Waals surface area (Å²) in [7, 11) is 0. The molecule has 4 rings (SSSR count). The molecule has 1 aromatic rings. The van der Waals surface area contributed by atoms with E-state index >= 15 is 0 Å². The Hall–Kier alpha value is -1.70. The fourth-order valence-corrected chi connectivity index (χ4v) is 4.22. The molecule has 1 amide bonds. The van der Waals surface area contributed by atoms with Gasteiger partial charge in [-0.25, -0.2) is 4.79 Å². The van der Waals surface area contributed by atoms with Gasteiger partial charge < -0.3 is 29.1 Å². The number of piperidine rings is 1. The maximum Gasteiger partial charge on any atom is 0.410 e. The Morgan fingerprint density at radius 2 is 1.97 bits per heavy atom. The Bertz CT molecular complexity index is 695. The van der Waals surface area contributed by atoms with Gasteiger partial charge >= 0.3 is 6.09 Å². The number of aliphatic hydroxyl groups is 1. The van der Waals surface area contributed by atoms with Gasteiger partial charge in [-0.2, -0.15) is 0 Å². The third-order valence-corrected chi connectivity index (χ3v) is 5.99. The van der Waals surface area contributed by atoms with Crippen molar-refractivity contribution in [3.8, 4) is 11.5 Å². The number of carbonyl (C=O) groups is 1. The topological polar surface area (TPSA) is 71.5 Å². The fourth-order valence-electron chi connectivity index (χ4n) is 4.22. The van der Waals surface area contributed by atoms with Gasteiger partial charge in [-0.05, 0) is 18.6 Å². The SMILES string of the molecule is CCCCN1CC2(CCN(CC(O)C3COc4ccccc4O3)CC2)OC1=O.Cl. The van der Waals surface area contributed by atoms with Crippen LogP contribution in [0.2, 0.25) is 0 Å². The van der Waals surface area contributed by atoms with Gasteiger partial charge in [-0.3, -0.25) is 0 Å². The molecule has 0 saturated carbocycles. The quantitative estimate of drug-likeness (QED) is 0.754. The molecule has 2 saturated heterocycles. The molecule has 3 aliphatic rings. The van der Waals surface area contributed by atoms with Crippen molar-refractivity contribution in [3.05, 3.63) is 24.3 Å². The average Bonchev–Trinajstić information content (AvgIpc) is 3.02. The Kier molecular flexibility index (Phi) is 7.14. The number of β-amino-alcohol motifs (C(OH)–C–C–N with tert-alkyl or cyclic N) is 1. The molecule has 29 heavy (non-hydrogen) atoms. The monoisotopic (exact) mass is 426 g/mol. The predicted octanol–water partition coefficient (Wildman–Crippen LogP) is 2.70. The fraction of sp³-hybridized carbons (Fsp3) is 0.667. The van der Waals surface area contributed by atoms with Crippen LogP contribution in [0, 0.1) is 0 Å². The summed E-state index contributed by atoms with van der Waals surface area (Å²) in [6, 6.07) is 7.53. The summed E-state index contributed by atoms with van der Waals surface area (Å²) in [6.07, 6.45) is 2.51. The van der Waals surface area contributed by atoms with Crippen LogP contribution < -0.4 is 9.47 Å². The van der Waals surface area contributed by atoms with Crippen LogP contribution in [0.15, 0.2) is 24.3 Å². The van der Waals surface area contributed by atoms with Crippen LogP contribution in [0.4, 0.5) is 4.79 Å². The lowest BCUT2D eigenvalue weighted by molar-refractivity contribution is -0.0451. The molecule has 1 N–H and O–H groups in total. The highest BCUT2D eigenvalue weighted by molar-refractivity contribution is 5.85. The third kappa shape index (κ3) is 4.90. The maximum atomic E-state index is 12.1. The minimum atomic E-state index is -0.630. The van der Waals surface area contributed by atoms with Gasteiger partial charge in [0.15, 0.2) is 17.6 Å². The van der Waals surface area contributed by atoms with Crippen LogP contribution in [-0.4, -0.2) is 78.1 Å². The molecule has 162 valence electrons. The number of likely N-dealkylation sites (tertiary alicyclic amines) is 1. The van der Waals surface area contributed by atoms with E-state index in [1.54, 1.807) is 0 Å². The van der Waals surface area contributed by atoms with E-state index in [2.05, 4.69) is 11.8 Å². The summed E-state index contributed by atoms with van der Waals surface area (Å²) in [4.78, 5) is 16.2. The van der Waals surface area contributed by atoms with Gasteiger partial charge in [-0.1, -0.05) is 25.5 Å². The average molecular weight is 427 g/mol. The molecule has 8 heteroatoms. The first kappa shape index (κ1) is 22.0.